The predicted octanol–water partition coefficient (Wildman–Crippen LogP) is 5.47. The summed E-state index contributed by atoms with van der Waals surface area (Å²) < 4.78 is 0. The van der Waals surface area contributed by atoms with Crippen molar-refractivity contribution < 1.29 is 0 Å². The summed E-state index contributed by atoms with van der Waals surface area (Å²) in [5.41, 5.74) is 6.63. The van der Waals surface area contributed by atoms with Crippen LogP contribution in [-0.2, 0) is 11.8 Å². The minimum absolute atomic E-state index is 0.208. The molecule has 1 aromatic rings. The summed E-state index contributed by atoms with van der Waals surface area (Å²) in [6.45, 7) is 16.3. The quantitative estimate of drug-likeness (QED) is 0.626. The molecule has 3 rings (SSSR count). The van der Waals surface area contributed by atoms with Gasteiger partial charge in [0.05, 0.1) is 0 Å². The molecule has 0 aromatic heterocycles. The number of hydrogen-bond acceptors (Lipinski definition) is 1. The lowest BCUT2D eigenvalue weighted by Gasteiger charge is -2.43. The largest absolute Gasteiger partial charge is 0.303 e. The highest BCUT2D eigenvalue weighted by molar-refractivity contribution is 5.47. The molecule has 0 saturated heterocycles. The van der Waals surface area contributed by atoms with Gasteiger partial charge in [0.2, 0.25) is 0 Å². The fraction of sp³-hybridized carbons (Fsp3) is 0.636. The van der Waals surface area contributed by atoms with Gasteiger partial charge in [-0.25, -0.2) is 0 Å². The van der Waals surface area contributed by atoms with E-state index in [1.54, 1.807) is 11.1 Å². The molecule has 1 N–H and O–H groups in total. The molecule has 126 valence electrons. The Bertz CT molecular complexity index is 625. The van der Waals surface area contributed by atoms with Crippen molar-refractivity contribution in [1.29, 1.82) is 0 Å². The van der Waals surface area contributed by atoms with E-state index in [1.165, 1.54) is 24.0 Å². The van der Waals surface area contributed by atoms with E-state index in [0.29, 0.717) is 18.0 Å². The number of rotatable bonds is 0. The Balaban J connectivity index is 2.07. The van der Waals surface area contributed by atoms with Crippen LogP contribution in [-0.4, -0.2) is 6.04 Å². The first-order valence-corrected chi connectivity index (χ1v) is 9.16. The molecule has 23 heavy (non-hydrogen) atoms. The van der Waals surface area contributed by atoms with Crippen molar-refractivity contribution in [2.75, 3.05) is 0 Å². The first-order chi connectivity index (χ1) is 10.6. The summed E-state index contributed by atoms with van der Waals surface area (Å²) in [6.07, 6.45) is 7.39. The van der Waals surface area contributed by atoms with Gasteiger partial charge in [0.1, 0.15) is 0 Å². The number of benzene rings is 1. The van der Waals surface area contributed by atoms with Gasteiger partial charge in [0, 0.05) is 12.1 Å². The summed E-state index contributed by atoms with van der Waals surface area (Å²) in [4.78, 5) is 0. The van der Waals surface area contributed by atoms with Crippen molar-refractivity contribution in [2.45, 2.75) is 78.8 Å². The average molecular weight is 312 g/mol. The Morgan fingerprint density at radius 1 is 1.00 bits per heavy atom. The Labute approximate surface area is 142 Å². The van der Waals surface area contributed by atoms with Crippen molar-refractivity contribution in [3.05, 3.63) is 46.5 Å². The van der Waals surface area contributed by atoms with Crippen LogP contribution in [0.25, 0.3) is 0 Å². The van der Waals surface area contributed by atoms with Gasteiger partial charge in [0.15, 0.2) is 0 Å². The third-order valence-corrected chi connectivity index (χ3v) is 5.74. The minimum Gasteiger partial charge on any atom is -0.303 e. The first-order valence-electron chi connectivity index (χ1n) is 9.16. The molecule has 1 heteroatoms. The lowest BCUT2D eigenvalue weighted by molar-refractivity contribution is 0.239. The number of hydrogen-bond donors (Lipinski definition) is 1. The van der Waals surface area contributed by atoms with Crippen LogP contribution >= 0.6 is 0 Å². The van der Waals surface area contributed by atoms with Gasteiger partial charge in [-0.1, -0.05) is 65.8 Å². The predicted molar refractivity (Wildman–Crippen MR) is 99.9 cm³/mol. The number of nitrogens with one attached hydrogen (secondary N) is 1. The van der Waals surface area contributed by atoms with E-state index in [2.05, 4.69) is 78.1 Å². The molecule has 0 fully saturated rings. The Hall–Kier alpha value is -1.08. The van der Waals surface area contributed by atoms with Gasteiger partial charge < -0.3 is 5.32 Å². The summed E-state index contributed by atoms with van der Waals surface area (Å²) in [7, 11) is 0. The fourth-order valence-corrected chi connectivity index (χ4v) is 4.41. The van der Waals surface area contributed by atoms with Crippen LogP contribution in [0.4, 0.5) is 0 Å². The zero-order valence-corrected chi connectivity index (χ0v) is 16.0. The van der Waals surface area contributed by atoms with Gasteiger partial charge in [0.25, 0.3) is 0 Å². The van der Waals surface area contributed by atoms with E-state index in [9.17, 15) is 0 Å². The topological polar surface area (TPSA) is 12.0 Å². The van der Waals surface area contributed by atoms with E-state index in [1.807, 2.05) is 0 Å². The maximum absolute atomic E-state index is 3.98. The average Bonchev–Trinajstić information content (AvgIpc) is 2.44. The van der Waals surface area contributed by atoms with Gasteiger partial charge in [-0.3, -0.25) is 0 Å². The monoisotopic (exact) mass is 311 g/mol. The van der Waals surface area contributed by atoms with Crippen molar-refractivity contribution in [1.82, 2.24) is 5.32 Å². The van der Waals surface area contributed by atoms with Crippen LogP contribution in [0.2, 0.25) is 0 Å². The van der Waals surface area contributed by atoms with Gasteiger partial charge in [-0.2, -0.15) is 0 Å². The van der Waals surface area contributed by atoms with E-state index >= 15 is 0 Å². The van der Waals surface area contributed by atoms with Crippen LogP contribution < -0.4 is 5.32 Å². The molecule has 1 heterocycles. The molecule has 0 spiro atoms. The third kappa shape index (κ3) is 3.01. The molecule has 1 nitrogen and oxygen atoms in total. The van der Waals surface area contributed by atoms with Crippen molar-refractivity contribution in [3.63, 3.8) is 0 Å². The minimum atomic E-state index is 0.208. The van der Waals surface area contributed by atoms with Crippen LogP contribution in [0.15, 0.2) is 24.3 Å². The van der Waals surface area contributed by atoms with E-state index < -0.39 is 0 Å². The fourth-order valence-electron chi connectivity index (χ4n) is 4.41. The van der Waals surface area contributed by atoms with Crippen LogP contribution in [0.3, 0.4) is 0 Å². The van der Waals surface area contributed by atoms with Crippen LogP contribution in [0.1, 0.15) is 76.3 Å². The van der Waals surface area contributed by atoms with E-state index in [-0.39, 0.29) is 10.8 Å². The normalized spacial score (nSPS) is 27.5. The third-order valence-electron chi connectivity index (χ3n) is 5.74. The van der Waals surface area contributed by atoms with E-state index in [4.69, 9.17) is 0 Å². The molecule has 0 amide bonds. The second-order valence-corrected chi connectivity index (χ2v) is 9.64. The molecule has 3 unspecified atom stereocenters. The SMILES string of the molecule is Cc1c(C(C)(C)C)ccc2c1C1NC(C(C)(C)C)C=CC1CC2. The smallest absolute Gasteiger partial charge is 0.0394 e. The summed E-state index contributed by atoms with van der Waals surface area (Å²) >= 11 is 0. The van der Waals surface area contributed by atoms with Crippen LogP contribution in [0.5, 0.6) is 0 Å². The van der Waals surface area contributed by atoms with Crippen molar-refractivity contribution >= 4 is 0 Å². The molecule has 1 aliphatic carbocycles. The molecule has 3 atom stereocenters. The second-order valence-electron chi connectivity index (χ2n) is 9.64. The van der Waals surface area contributed by atoms with E-state index in [0.717, 1.165) is 0 Å². The standard InChI is InChI=1S/C22H33N/c1-14-17(21(2,3)4)12-10-15-8-9-16-11-13-18(22(5,6)7)23-20(16)19(14)15/h10-13,16,18,20,23H,8-9H2,1-7H3. The number of aryl methyl sites for hydroxylation is 1. The zero-order valence-electron chi connectivity index (χ0n) is 16.0. The second kappa shape index (κ2) is 5.48. The molecule has 1 aromatic carbocycles. The Kier molecular flexibility index (Phi) is 3.99. The molecule has 0 radical (unpaired) electrons. The maximum atomic E-state index is 3.98. The number of fused-ring (bicyclic) bond motifs is 3. The van der Waals surface area contributed by atoms with Crippen LogP contribution in [0, 0.1) is 18.3 Å². The Morgan fingerprint density at radius 2 is 1.70 bits per heavy atom. The van der Waals surface area contributed by atoms with Gasteiger partial charge in [-0.05, 0) is 58.8 Å². The lowest BCUT2D eigenvalue weighted by Crippen LogP contribution is -2.47. The summed E-state index contributed by atoms with van der Waals surface area (Å²) in [5, 5.41) is 3.98. The molecule has 2 aliphatic rings. The molecule has 1 aliphatic heterocycles. The van der Waals surface area contributed by atoms with Gasteiger partial charge in [-0.15, -0.1) is 0 Å². The molecular weight excluding hydrogens is 278 g/mol. The maximum Gasteiger partial charge on any atom is 0.0394 e. The highest BCUT2D eigenvalue weighted by Crippen LogP contribution is 2.43. The van der Waals surface area contributed by atoms with Crippen molar-refractivity contribution in [2.24, 2.45) is 11.3 Å². The molecule has 0 saturated carbocycles. The summed E-state index contributed by atoms with van der Waals surface area (Å²) in [5.74, 6) is 0.648. The lowest BCUT2D eigenvalue weighted by atomic mass is 9.71. The Morgan fingerprint density at radius 3 is 2.30 bits per heavy atom. The highest BCUT2D eigenvalue weighted by atomic mass is 15.0. The summed E-state index contributed by atoms with van der Waals surface area (Å²) in [6, 6.07) is 5.70. The molecule has 0 bridgehead atoms. The van der Waals surface area contributed by atoms with Crippen molar-refractivity contribution in [3.8, 4) is 0 Å². The highest BCUT2D eigenvalue weighted by Gasteiger charge is 2.37. The zero-order chi connectivity index (χ0) is 17.0. The van der Waals surface area contributed by atoms with Gasteiger partial charge >= 0.3 is 0 Å². The first kappa shape index (κ1) is 16.8. The molecular formula is C22H33N.